The number of benzene rings is 1. The lowest BCUT2D eigenvalue weighted by Gasteiger charge is -2.06. The number of methoxy groups -OCH3 is 1. The summed E-state index contributed by atoms with van der Waals surface area (Å²) in [5.74, 6) is 6.19. The van der Waals surface area contributed by atoms with Gasteiger partial charge in [-0.2, -0.15) is 0 Å². The number of aromatic nitrogens is 3. The van der Waals surface area contributed by atoms with Gasteiger partial charge in [0.25, 0.3) is 0 Å². The molecule has 2 aromatic heterocycles. The van der Waals surface area contributed by atoms with E-state index in [9.17, 15) is 9.59 Å². The lowest BCUT2D eigenvalue weighted by atomic mass is 10.2. The Morgan fingerprint density at radius 1 is 1.27 bits per heavy atom. The first-order valence-corrected chi connectivity index (χ1v) is 8.42. The van der Waals surface area contributed by atoms with Gasteiger partial charge >= 0.3 is 5.97 Å². The van der Waals surface area contributed by atoms with E-state index in [0.717, 1.165) is 11.8 Å². The molecule has 0 unspecified atom stereocenters. The predicted octanol–water partition coefficient (Wildman–Crippen LogP) is 1.77. The van der Waals surface area contributed by atoms with Crippen LogP contribution in [0, 0.1) is 0 Å². The molecule has 26 heavy (non-hydrogen) atoms. The van der Waals surface area contributed by atoms with Crippen LogP contribution in [0.2, 0.25) is 0 Å². The van der Waals surface area contributed by atoms with E-state index in [4.69, 9.17) is 10.3 Å². The average Bonchev–Trinajstić information content (AvgIpc) is 3.29. The summed E-state index contributed by atoms with van der Waals surface area (Å²) in [6, 6.07) is 9.81. The summed E-state index contributed by atoms with van der Waals surface area (Å²) in [4.78, 5) is 23.4. The number of carbonyl (C=O) groups excluding carboxylic acids is 2. The number of ether oxygens (including phenoxy) is 1. The fourth-order valence-corrected chi connectivity index (χ4v) is 2.74. The SMILES string of the molecule is COC(=O)c1ccc(NC(=O)CSc2nnc(-c3ccco3)n2N)cc1. The van der Waals surface area contributed by atoms with Gasteiger partial charge in [-0.05, 0) is 36.4 Å². The number of nitrogens with two attached hydrogens (primary N) is 1. The Balaban J connectivity index is 1.57. The van der Waals surface area contributed by atoms with Gasteiger partial charge in [0.15, 0.2) is 5.76 Å². The summed E-state index contributed by atoms with van der Waals surface area (Å²) in [6.07, 6.45) is 1.51. The second kappa shape index (κ2) is 7.74. The van der Waals surface area contributed by atoms with Crippen molar-refractivity contribution in [2.75, 3.05) is 24.0 Å². The second-order valence-corrected chi connectivity index (χ2v) is 6.00. The minimum absolute atomic E-state index is 0.0895. The van der Waals surface area contributed by atoms with Gasteiger partial charge in [-0.15, -0.1) is 10.2 Å². The molecule has 1 aromatic carbocycles. The van der Waals surface area contributed by atoms with E-state index >= 15 is 0 Å². The van der Waals surface area contributed by atoms with Gasteiger partial charge in [-0.25, -0.2) is 9.47 Å². The molecule has 0 saturated heterocycles. The van der Waals surface area contributed by atoms with Gasteiger partial charge < -0.3 is 20.3 Å². The smallest absolute Gasteiger partial charge is 0.337 e. The van der Waals surface area contributed by atoms with Gasteiger partial charge in [0.1, 0.15) is 0 Å². The molecule has 3 rings (SSSR count). The van der Waals surface area contributed by atoms with Gasteiger partial charge in [0.2, 0.25) is 16.9 Å². The number of rotatable bonds is 6. The average molecular weight is 373 g/mol. The summed E-state index contributed by atoms with van der Waals surface area (Å²) < 4.78 is 11.1. The molecule has 0 saturated carbocycles. The van der Waals surface area contributed by atoms with Crippen molar-refractivity contribution < 1.29 is 18.7 Å². The molecule has 0 spiro atoms. The van der Waals surface area contributed by atoms with Crippen molar-refractivity contribution in [2.24, 2.45) is 0 Å². The number of nitrogen functional groups attached to an aromatic ring is 1. The van der Waals surface area contributed by atoms with Crippen LogP contribution < -0.4 is 11.2 Å². The highest BCUT2D eigenvalue weighted by Crippen LogP contribution is 2.22. The van der Waals surface area contributed by atoms with Crippen LogP contribution in [0.4, 0.5) is 5.69 Å². The van der Waals surface area contributed by atoms with E-state index in [1.807, 2.05) is 0 Å². The molecule has 3 N–H and O–H groups in total. The zero-order chi connectivity index (χ0) is 18.5. The third-order valence-corrected chi connectivity index (χ3v) is 4.27. The number of nitrogens with one attached hydrogen (secondary N) is 1. The predicted molar refractivity (Wildman–Crippen MR) is 95.0 cm³/mol. The maximum Gasteiger partial charge on any atom is 0.337 e. The number of anilines is 1. The molecule has 10 heteroatoms. The molecule has 0 aliphatic carbocycles. The van der Waals surface area contributed by atoms with Gasteiger partial charge in [-0.1, -0.05) is 11.8 Å². The first-order valence-electron chi connectivity index (χ1n) is 7.44. The largest absolute Gasteiger partial charge is 0.465 e. The van der Waals surface area contributed by atoms with Crippen molar-refractivity contribution in [3.05, 3.63) is 48.2 Å². The molecule has 134 valence electrons. The van der Waals surface area contributed by atoms with Crippen LogP contribution >= 0.6 is 11.8 Å². The van der Waals surface area contributed by atoms with Crippen LogP contribution in [0.15, 0.2) is 52.2 Å². The summed E-state index contributed by atoms with van der Waals surface area (Å²) >= 11 is 1.14. The summed E-state index contributed by atoms with van der Waals surface area (Å²) in [5.41, 5.74) is 0.968. The number of hydrogen-bond acceptors (Lipinski definition) is 8. The van der Waals surface area contributed by atoms with Gasteiger partial charge in [0, 0.05) is 5.69 Å². The van der Waals surface area contributed by atoms with Crippen LogP contribution in [-0.2, 0) is 9.53 Å². The lowest BCUT2D eigenvalue weighted by Crippen LogP contribution is -2.16. The van der Waals surface area contributed by atoms with E-state index in [-0.39, 0.29) is 11.7 Å². The molecule has 2 heterocycles. The molecule has 0 atom stereocenters. The monoisotopic (exact) mass is 373 g/mol. The molecule has 0 fully saturated rings. The molecular formula is C16H15N5O4S. The highest BCUT2D eigenvalue weighted by atomic mass is 32.2. The Kier molecular flexibility index (Phi) is 5.23. The molecule has 1 amide bonds. The maximum atomic E-state index is 12.1. The molecule has 0 aliphatic heterocycles. The molecule has 9 nitrogen and oxygen atoms in total. The van der Waals surface area contributed by atoms with Crippen molar-refractivity contribution in [1.29, 1.82) is 0 Å². The highest BCUT2D eigenvalue weighted by Gasteiger charge is 2.15. The quantitative estimate of drug-likeness (QED) is 0.380. The standard InChI is InChI=1S/C16H15N5O4S/c1-24-15(23)10-4-6-11(7-5-10)18-13(22)9-26-16-20-19-14(21(16)17)12-3-2-8-25-12/h2-8H,9,17H2,1H3,(H,18,22). The first-order chi connectivity index (χ1) is 12.6. The van der Waals surface area contributed by atoms with Crippen molar-refractivity contribution >= 4 is 29.3 Å². The zero-order valence-electron chi connectivity index (χ0n) is 13.7. The minimum atomic E-state index is -0.437. The second-order valence-electron chi connectivity index (χ2n) is 5.06. The first kappa shape index (κ1) is 17.5. The molecule has 3 aromatic rings. The van der Waals surface area contributed by atoms with Crippen LogP contribution in [0.3, 0.4) is 0 Å². The van der Waals surface area contributed by atoms with Crippen molar-refractivity contribution in [3.8, 4) is 11.6 Å². The molecule has 0 radical (unpaired) electrons. The maximum absolute atomic E-state index is 12.1. The molecule has 0 bridgehead atoms. The Hall–Kier alpha value is -3.27. The van der Waals surface area contributed by atoms with E-state index in [2.05, 4.69) is 20.3 Å². The van der Waals surface area contributed by atoms with E-state index < -0.39 is 5.97 Å². The Morgan fingerprint density at radius 3 is 2.69 bits per heavy atom. The fourth-order valence-electron chi connectivity index (χ4n) is 2.08. The molecular weight excluding hydrogens is 358 g/mol. The van der Waals surface area contributed by atoms with E-state index in [1.165, 1.54) is 18.0 Å². The van der Waals surface area contributed by atoms with E-state index in [1.54, 1.807) is 36.4 Å². The van der Waals surface area contributed by atoms with Crippen molar-refractivity contribution in [1.82, 2.24) is 14.9 Å². The number of furan rings is 1. The molecule has 0 aliphatic rings. The number of hydrogen-bond donors (Lipinski definition) is 2. The van der Waals surface area contributed by atoms with Crippen LogP contribution in [0.25, 0.3) is 11.6 Å². The number of amides is 1. The van der Waals surface area contributed by atoms with Gasteiger partial charge in [0.05, 0.1) is 24.7 Å². The minimum Gasteiger partial charge on any atom is -0.465 e. The summed E-state index contributed by atoms with van der Waals surface area (Å²) in [6.45, 7) is 0. The van der Waals surface area contributed by atoms with E-state index in [0.29, 0.717) is 28.0 Å². The Morgan fingerprint density at radius 2 is 2.04 bits per heavy atom. The summed E-state index contributed by atoms with van der Waals surface area (Å²) in [7, 11) is 1.31. The zero-order valence-corrected chi connectivity index (χ0v) is 14.5. The van der Waals surface area contributed by atoms with Crippen molar-refractivity contribution in [2.45, 2.75) is 5.16 Å². The number of esters is 1. The van der Waals surface area contributed by atoms with Crippen LogP contribution in [0.1, 0.15) is 10.4 Å². The highest BCUT2D eigenvalue weighted by molar-refractivity contribution is 7.99. The third-order valence-electron chi connectivity index (χ3n) is 3.33. The Labute approximate surface area is 152 Å². The van der Waals surface area contributed by atoms with Crippen LogP contribution in [0.5, 0.6) is 0 Å². The van der Waals surface area contributed by atoms with Gasteiger partial charge in [-0.3, -0.25) is 4.79 Å². The topological polar surface area (TPSA) is 125 Å². The third kappa shape index (κ3) is 3.86. The number of nitrogens with zero attached hydrogens (tertiary/aromatic N) is 3. The van der Waals surface area contributed by atoms with Crippen molar-refractivity contribution in [3.63, 3.8) is 0 Å². The summed E-state index contributed by atoms with van der Waals surface area (Å²) in [5, 5.41) is 11.0. The normalized spacial score (nSPS) is 10.5. The lowest BCUT2D eigenvalue weighted by molar-refractivity contribution is -0.113. The number of carbonyl (C=O) groups is 2. The number of thioether (sulfide) groups is 1. The van der Waals surface area contributed by atoms with Crippen LogP contribution in [-0.4, -0.2) is 39.6 Å². The fraction of sp³-hybridized carbons (Fsp3) is 0.125. The Bertz CT molecular complexity index is 905.